The molecule has 5 nitrogen and oxygen atoms in total. The van der Waals surface area contributed by atoms with Crippen LogP contribution in [0.4, 0.5) is 5.82 Å². The van der Waals surface area contributed by atoms with Gasteiger partial charge in [0.25, 0.3) is 0 Å². The standard InChI is InChI=1S/C22H25N3O2/c1-4-27-18-7-5-17(13-26)19(12-18)16-6-8-21-20(11-16)22(25-14-24-21)23-10-9-15(2)3/h5-8,11-15H,4,9-10H2,1-3H3,(H,23,24,25). The summed E-state index contributed by atoms with van der Waals surface area (Å²) in [6, 6.07) is 11.5. The molecular weight excluding hydrogens is 338 g/mol. The van der Waals surface area contributed by atoms with Crippen LogP contribution in [-0.2, 0) is 0 Å². The smallest absolute Gasteiger partial charge is 0.150 e. The van der Waals surface area contributed by atoms with Crippen LogP contribution >= 0.6 is 0 Å². The van der Waals surface area contributed by atoms with Gasteiger partial charge in [0.2, 0.25) is 0 Å². The second-order valence-electron chi connectivity index (χ2n) is 6.86. The topological polar surface area (TPSA) is 64.1 Å². The number of ether oxygens (including phenoxy) is 1. The number of fused-ring (bicyclic) bond motifs is 1. The molecule has 0 saturated heterocycles. The summed E-state index contributed by atoms with van der Waals surface area (Å²) in [4.78, 5) is 20.3. The zero-order valence-corrected chi connectivity index (χ0v) is 16.0. The summed E-state index contributed by atoms with van der Waals surface area (Å²) in [6.45, 7) is 7.77. The molecule has 0 fully saturated rings. The Hall–Kier alpha value is -2.95. The molecule has 0 radical (unpaired) electrons. The predicted octanol–water partition coefficient (Wildman–Crippen LogP) is 4.97. The lowest BCUT2D eigenvalue weighted by Crippen LogP contribution is -2.07. The molecule has 3 aromatic rings. The Morgan fingerprint density at radius 3 is 2.74 bits per heavy atom. The first-order chi connectivity index (χ1) is 13.1. The van der Waals surface area contributed by atoms with E-state index in [0.717, 1.165) is 52.8 Å². The van der Waals surface area contributed by atoms with Crippen LogP contribution in [0.5, 0.6) is 5.75 Å². The first kappa shape index (κ1) is 18.8. The molecule has 3 rings (SSSR count). The maximum absolute atomic E-state index is 11.5. The predicted molar refractivity (Wildman–Crippen MR) is 109 cm³/mol. The van der Waals surface area contributed by atoms with Crippen LogP contribution in [0.25, 0.3) is 22.0 Å². The van der Waals surface area contributed by atoms with Crippen LogP contribution in [0.15, 0.2) is 42.7 Å². The first-order valence-electron chi connectivity index (χ1n) is 9.33. The molecule has 0 aliphatic rings. The molecule has 0 amide bonds. The van der Waals surface area contributed by atoms with E-state index in [9.17, 15) is 4.79 Å². The van der Waals surface area contributed by atoms with E-state index < -0.39 is 0 Å². The fourth-order valence-corrected chi connectivity index (χ4v) is 2.99. The van der Waals surface area contributed by atoms with Crippen molar-refractivity contribution in [3.63, 3.8) is 0 Å². The van der Waals surface area contributed by atoms with E-state index in [1.807, 2.05) is 37.3 Å². The highest BCUT2D eigenvalue weighted by atomic mass is 16.5. The van der Waals surface area contributed by atoms with Crippen molar-refractivity contribution in [3.8, 4) is 16.9 Å². The van der Waals surface area contributed by atoms with Crippen LogP contribution in [0.1, 0.15) is 37.6 Å². The minimum absolute atomic E-state index is 0.579. The summed E-state index contributed by atoms with van der Waals surface area (Å²) in [5, 5.41) is 4.35. The molecule has 140 valence electrons. The third kappa shape index (κ3) is 4.42. The Morgan fingerprint density at radius 1 is 1.15 bits per heavy atom. The highest BCUT2D eigenvalue weighted by molar-refractivity contribution is 5.95. The Bertz CT molecular complexity index is 938. The van der Waals surface area contributed by atoms with Crippen molar-refractivity contribution in [3.05, 3.63) is 48.3 Å². The van der Waals surface area contributed by atoms with Gasteiger partial charge in [-0.15, -0.1) is 0 Å². The second kappa shape index (κ2) is 8.62. The summed E-state index contributed by atoms with van der Waals surface area (Å²) in [5.74, 6) is 2.19. The van der Waals surface area contributed by atoms with E-state index in [-0.39, 0.29) is 0 Å². The third-order valence-electron chi connectivity index (χ3n) is 4.42. The van der Waals surface area contributed by atoms with Crippen molar-refractivity contribution in [2.24, 2.45) is 5.92 Å². The molecule has 0 aliphatic carbocycles. The Labute approximate surface area is 159 Å². The van der Waals surface area contributed by atoms with Crippen molar-refractivity contribution >= 4 is 23.0 Å². The van der Waals surface area contributed by atoms with Gasteiger partial charge in [0.1, 0.15) is 17.9 Å². The number of nitrogens with zero attached hydrogens (tertiary/aromatic N) is 2. The molecule has 5 heteroatoms. The lowest BCUT2D eigenvalue weighted by atomic mass is 9.98. The number of carbonyl (C=O) groups excluding carboxylic acids is 1. The fraction of sp³-hybridized carbons (Fsp3) is 0.318. The van der Waals surface area contributed by atoms with E-state index >= 15 is 0 Å². The molecule has 0 spiro atoms. The van der Waals surface area contributed by atoms with Gasteiger partial charge in [-0.05, 0) is 60.7 Å². The van der Waals surface area contributed by atoms with E-state index in [2.05, 4.69) is 29.1 Å². The minimum atomic E-state index is 0.579. The van der Waals surface area contributed by atoms with Crippen LogP contribution in [0.3, 0.4) is 0 Å². The normalized spacial score (nSPS) is 11.0. The van der Waals surface area contributed by atoms with Gasteiger partial charge in [0.05, 0.1) is 12.1 Å². The summed E-state index contributed by atoms with van der Waals surface area (Å²) < 4.78 is 5.60. The van der Waals surface area contributed by atoms with Gasteiger partial charge < -0.3 is 10.1 Å². The fourth-order valence-electron chi connectivity index (χ4n) is 2.99. The number of nitrogens with one attached hydrogen (secondary N) is 1. The van der Waals surface area contributed by atoms with Crippen molar-refractivity contribution < 1.29 is 9.53 Å². The molecule has 0 aliphatic heterocycles. The molecular formula is C22H25N3O2. The molecule has 27 heavy (non-hydrogen) atoms. The van der Waals surface area contributed by atoms with Crippen LogP contribution in [-0.4, -0.2) is 29.4 Å². The van der Waals surface area contributed by atoms with Crippen molar-refractivity contribution in [1.82, 2.24) is 9.97 Å². The Balaban J connectivity index is 2.03. The van der Waals surface area contributed by atoms with E-state index in [0.29, 0.717) is 18.1 Å². The largest absolute Gasteiger partial charge is 0.494 e. The Morgan fingerprint density at radius 2 is 2.00 bits per heavy atom. The first-order valence-corrected chi connectivity index (χ1v) is 9.33. The maximum atomic E-state index is 11.5. The zero-order chi connectivity index (χ0) is 19.2. The minimum Gasteiger partial charge on any atom is -0.494 e. The molecule has 1 N–H and O–H groups in total. The molecule has 1 aromatic heterocycles. The molecule has 0 bridgehead atoms. The van der Waals surface area contributed by atoms with Gasteiger partial charge in [0.15, 0.2) is 6.29 Å². The average Bonchev–Trinajstić information content (AvgIpc) is 2.68. The monoisotopic (exact) mass is 363 g/mol. The van der Waals surface area contributed by atoms with Gasteiger partial charge in [-0.3, -0.25) is 4.79 Å². The lowest BCUT2D eigenvalue weighted by Gasteiger charge is -2.12. The highest BCUT2D eigenvalue weighted by Crippen LogP contribution is 2.31. The van der Waals surface area contributed by atoms with Crippen LogP contribution in [0, 0.1) is 5.92 Å². The van der Waals surface area contributed by atoms with Gasteiger partial charge in [-0.1, -0.05) is 19.9 Å². The van der Waals surface area contributed by atoms with Gasteiger partial charge in [-0.25, -0.2) is 9.97 Å². The summed E-state index contributed by atoms with van der Waals surface area (Å²) in [7, 11) is 0. The SMILES string of the molecule is CCOc1ccc(C=O)c(-c2ccc3ncnc(NCCC(C)C)c3c2)c1. The van der Waals surface area contributed by atoms with Crippen molar-refractivity contribution in [1.29, 1.82) is 0 Å². The van der Waals surface area contributed by atoms with Crippen molar-refractivity contribution in [2.45, 2.75) is 27.2 Å². The molecule has 0 unspecified atom stereocenters. The second-order valence-corrected chi connectivity index (χ2v) is 6.86. The maximum Gasteiger partial charge on any atom is 0.150 e. The lowest BCUT2D eigenvalue weighted by molar-refractivity contribution is 0.112. The molecule has 1 heterocycles. The summed E-state index contributed by atoms with van der Waals surface area (Å²) in [6.07, 6.45) is 3.52. The zero-order valence-electron chi connectivity index (χ0n) is 16.0. The van der Waals surface area contributed by atoms with Gasteiger partial charge in [-0.2, -0.15) is 0 Å². The number of aromatic nitrogens is 2. The molecule has 0 atom stereocenters. The van der Waals surface area contributed by atoms with Gasteiger partial charge in [0, 0.05) is 17.5 Å². The van der Waals surface area contributed by atoms with Gasteiger partial charge >= 0.3 is 0 Å². The highest BCUT2D eigenvalue weighted by Gasteiger charge is 2.10. The van der Waals surface area contributed by atoms with Crippen molar-refractivity contribution in [2.75, 3.05) is 18.5 Å². The quantitative estimate of drug-likeness (QED) is 0.573. The van der Waals surface area contributed by atoms with Crippen LogP contribution < -0.4 is 10.1 Å². The van der Waals surface area contributed by atoms with E-state index in [4.69, 9.17) is 4.74 Å². The van der Waals surface area contributed by atoms with Crippen LogP contribution in [0.2, 0.25) is 0 Å². The van der Waals surface area contributed by atoms with E-state index in [1.165, 1.54) is 0 Å². The summed E-state index contributed by atoms with van der Waals surface area (Å²) >= 11 is 0. The summed E-state index contributed by atoms with van der Waals surface area (Å²) in [5.41, 5.74) is 3.28. The number of anilines is 1. The number of hydrogen-bond acceptors (Lipinski definition) is 5. The number of rotatable bonds is 8. The number of benzene rings is 2. The van der Waals surface area contributed by atoms with E-state index in [1.54, 1.807) is 12.4 Å². The number of aldehydes is 1. The Kier molecular flexibility index (Phi) is 6.01. The molecule has 0 saturated carbocycles. The number of hydrogen-bond donors (Lipinski definition) is 1. The average molecular weight is 363 g/mol. The third-order valence-corrected chi connectivity index (χ3v) is 4.42. The number of carbonyl (C=O) groups is 1. The molecule has 2 aromatic carbocycles.